The summed E-state index contributed by atoms with van der Waals surface area (Å²) in [7, 11) is 0. The lowest BCUT2D eigenvalue weighted by atomic mass is 10.2. The Morgan fingerprint density at radius 3 is 2.75 bits per heavy atom. The molecule has 0 unspecified atom stereocenters. The van der Waals surface area contributed by atoms with Crippen LogP contribution >= 0.6 is 0 Å². The summed E-state index contributed by atoms with van der Waals surface area (Å²) in [6, 6.07) is 0.354. The van der Waals surface area contributed by atoms with Gasteiger partial charge >= 0.3 is 0 Å². The standard InChI is InChI=1S/C12H16N6O2/c19-11-9-10(18(7-14-9)8-5-13-6-8)15-12(16-11)17-1-3-20-4-2-17/h7-8,13H,1-6H2,(H,15,16,19). The summed E-state index contributed by atoms with van der Waals surface area (Å²) >= 11 is 0. The van der Waals surface area contributed by atoms with Gasteiger partial charge in [0.25, 0.3) is 0 Å². The molecule has 2 N–H and O–H groups in total. The summed E-state index contributed by atoms with van der Waals surface area (Å²) in [6.07, 6.45) is 1.73. The molecule has 106 valence electrons. The third-order valence-electron chi connectivity index (χ3n) is 3.84. The monoisotopic (exact) mass is 276 g/mol. The number of ether oxygens (including phenoxy) is 1. The first-order chi connectivity index (χ1) is 9.83. The Bertz CT molecular complexity index is 632. The first-order valence-corrected chi connectivity index (χ1v) is 6.80. The molecule has 0 aromatic carbocycles. The molecular formula is C12H16N6O2. The maximum Gasteiger partial charge on any atom is 0.244 e. The largest absolute Gasteiger partial charge is 0.492 e. The van der Waals surface area contributed by atoms with E-state index in [1.807, 2.05) is 9.47 Å². The smallest absolute Gasteiger partial charge is 0.244 e. The number of imidazole rings is 1. The van der Waals surface area contributed by atoms with Crippen LogP contribution in [0, 0.1) is 0 Å². The van der Waals surface area contributed by atoms with Gasteiger partial charge in [-0.25, -0.2) is 4.98 Å². The second-order valence-electron chi connectivity index (χ2n) is 5.08. The van der Waals surface area contributed by atoms with Crippen molar-refractivity contribution in [3.8, 4) is 5.88 Å². The van der Waals surface area contributed by atoms with Crippen molar-refractivity contribution >= 4 is 17.1 Å². The highest BCUT2D eigenvalue weighted by Crippen LogP contribution is 2.26. The van der Waals surface area contributed by atoms with Crippen LogP contribution in [-0.4, -0.2) is 64.0 Å². The van der Waals surface area contributed by atoms with Crippen LogP contribution in [0.15, 0.2) is 6.33 Å². The van der Waals surface area contributed by atoms with Crippen LogP contribution in [0.4, 0.5) is 5.95 Å². The molecule has 4 heterocycles. The van der Waals surface area contributed by atoms with E-state index in [1.165, 1.54) is 0 Å². The Morgan fingerprint density at radius 2 is 2.05 bits per heavy atom. The van der Waals surface area contributed by atoms with E-state index in [9.17, 15) is 5.11 Å². The number of morpholine rings is 1. The second-order valence-corrected chi connectivity index (χ2v) is 5.08. The fourth-order valence-corrected chi connectivity index (χ4v) is 2.53. The predicted molar refractivity (Wildman–Crippen MR) is 71.9 cm³/mol. The van der Waals surface area contributed by atoms with Crippen molar-refractivity contribution in [2.24, 2.45) is 0 Å². The minimum absolute atomic E-state index is 0.0532. The van der Waals surface area contributed by atoms with E-state index in [4.69, 9.17) is 4.74 Å². The Kier molecular flexibility index (Phi) is 2.71. The van der Waals surface area contributed by atoms with Crippen LogP contribution in [0.3, 0.4) is 0 Å². The highest BCUT2D eigenvalue weighted by molar-refractivity contribution is 5.77. The average molecular weight is 276 g/mol. The zero-order valence-corrected chi connectivity index (χ0v) is 11.0. The molecule has 0 aliphatic carbocycles. The Labute approximate surface area is 115 Å². The topological polar surface area (TPSA) is 88.3 Å². The van der Waals surface area contributed by atoms with Gasteiger partial charge in [0.2, 0.25) is 11.8 Å². The van der Waals surface area contributed by atoms with E-state index in [1.54, 1.807) is 6.33 Å². The third kappa shape index (κ3) is 1.80. The van der Waals surface area contributed by atoms with E-state index in [0.717, 1.165) is 26.2 Å². The molecule has 8 nitrogen and oxygen atoms in total. The molecule has 0 saturated carbocycles. The lowest BCUT2D eigenvalue weighted by Crippen LogP contribution is -2.43. The summed E-state index contributed by atoms with van der Waals surface area (Å²) in [5.41, 5.74) is 1.17. The summed E-state index contributed by atoms with van der Waals surface area (Å²) in [5.74, 6) is 0.495. The number of aromatic hydroxyl groups is 1. The van der Waals surface area contributed by atoms with Gasteiger partial charge in [0, 0.05) is 26.2 Å². The molecule has 0 radical (unpaired) electrons. The molecule has 0 spiro atoms. The van der Waals surface area contributed by atoms with E-state index < -0.39 is 0 Å². The molecule has 2 aliphatic rings. The fraction of sp³-hybridized carbons (Fsp3) is 0.583. The van der Waals surface area contributed by atoms with Crippen molar-refractivity contribution in [2.75, 3.05) is 44.3 Å². The third-order valence-corrected chi connectivity index (χ3v) is 3.84. The van der Waals surface area contributed by atoms with Crippen LogP contribution in [0.25, 0.3) is 11.2 Å². The number of hydrogen-bond acceptors (Lipinski definition) is 7. The first-order valence-electron chi connectivity index (χ1n) is 6.80. The summed E-state index contributed by atoms with van der Waals surface area (Å²) in [4.78, 5) is 15.0. The van der Waals surface area contributed by atoms with Crippen molar-refractivity contribution in [2.45, 2.75) is 6.04 Å². The number of anilines is 1. The van der Waals surface area contributed by atoms with Gasteiger partial charge < -0.3 is 24.6 Å². The molecule has 2 aliphatic heterocycles. The Morgan fingerprint density at radius 1 is 1.25 bits per heavy atom. The SMILES string of the molecule is Oc1nc(N2CCOCC2)nc2c1ncn2C1CNC1. The van der Waals surface area contributed by atoms with Crippen LogP contribution in [0.5, 0.6) is 5.88 Å². The van der Waals surface area contributed by atoms with Crippen LogP contribution in [0.1, 0.15) is 6.04 Å². The van der Waals surface area contributed by atoms with E-state index in [2.05, 4.69) is 20.3 Å². The lowest BCUT2D eigenvalue weighted by molar-refractivity contribution is 0.122. The number of nitrogens with one attached hydrogen (secondary N) is 1. The molecule has 2 aromatic rings. The number of rotatable bonds is 2. The average Bonchev–Trinajstić information content (AvgIpc) is 2.82. The molecule has 8 heteroatoms. The number of fused-ring (bicyclic) bond motifs is 1. The number of hydrogen-bond donors (Lipinski definition) is 2. The summed E-state index contributed by atoms with van der Waals surface area (Å²) in [6.45, 7) is 4.61. The van der Waals surface area contributed by atoms with Gasteiger partial charge in [0.1, 0.15) is 0 Å². The highest BCUT2D eigenvalue weighted by atomic mass is 16.5. The van der Waals surface area contributed by atoms with E-state index in [-0.39, 0.29) is 5.88 Å². The Balaban J connectivity index is 1.78. The minimum Gasteiger partial charge on any atom is -0.492 e. The number of nitrogens with zero attached hydrogens (tertiary/aromatic N) is 5. The molecule has 0 bridgehead atoms. The fourth-order valence-electron chi connectivity index (χ4n) is 2.53. The van der Waals surface area contributed by atoms with Crippen molar-refractivity contribution in [3.63, 3.8) is 0 Å². The van der Waals surface area contributed by atoms with Gasteiger partial charge in [-0.05, 0) is 0 Å². The highest BCUT2D eigenvalue weighted by Gasteiger charge is 2.24. The predicted octanol–water partition coefficient (Wildman–Crippen LogP) is -0.487. The maximum absolute atomic E-state index is 10.1. The Hall–Kier alpha value is -1.93. The van der Waals surface area contributed by atoms with Gasteiger partial charge in [0.05, 0.1) is 25.6 Å². The van der Waals surface area contributed by atoms with Crippen molar-refractivity contribution in [3.05, 3.63) is 6.33 Å². The molecule has 0 amide bonds. The van der Waals surface area contributed by atoms with Gasteiger partial charge in [0.15, 0.2) is 11.2 Å². The number of aromatic nitrogens is 4. The van der Waals surface area contributed by atoms with Crippen molar-refractivity contribution < 1.29 is 9.84 Å². The van der Waals surface area contributed by atoms with E-state index in [0.29, 0.717) is 36.4 Å². The molecular weight excluding hydrogens is 260 g/mol. The van der Waals surface area contributed by atoms with Crippen molar-refractivity contribution in [1.82, 2.24) is 24.8 Å². The zero-order valence-electron chi connectivity index (χ0n) is 11.0. The first kappa shape index (κ1) is 11.9. The lowest BCUT2D eigenvalue weighted by Gasteiger charge is -2.29. The van der Waals surface area contributed by atoms with Crippen molar-refractivity contribution in [1.29, 1.82) is 0 Å². The quantitative estimate of drug-likeness (QED) is 0.765. The second kappa shape index (κ2) is 4.57. The molecule has 2 fully saturated rings. The van der Waals surface area contributed by atoms with Gasteiger partial charge in [-0.3, -0.25) is 0 Å². The van der Waals surface area contributed by atoms with Gasteiger partial charge in [-0.2, -0.15) is 9.97 Å². The maximum atomic E-state index is 10.1. The molecule has 2 saturated heterocycles. The van der Waals surface area contributed by atoms with Gasteiger partial charge in [-0.1, -0.05) is 0 Å². The van der Waals surface area contributed by atoms with E-state index >= 15 is 0 Å². The summed E-state index contributed by atoms with van der Waals surface area (Å²) < 4.78 is 7.34. The van der Waals surface area contributed by atoms with Gasteiger partial charge in [-0.15, -0.1) is 0 Å². The molecule has 20 heavy (non-hydrogen) atoms. The zero-order chi connectivity index (χ0) is 13.5. The minimum atomic E-state index is -0.0532. The van der Waals surface area contributed by atoms with Crippen LogP contribution in [0.2, 0.25) is 0 Å². The normalized spacial score (nSPS) is 20.3. The summed E-state index contributed by atoms with van der Waals surface area (Å²) in [5, 5.41) is 13.3. The molecule has 4 rings (SSSR count). The molecule has 2 aromatic heterocycles. The van der Waals surface area contributed by atoms with Crippen LogP contribution < -0.4 is 10.2 Å². The van der Waals surface area contributed by atoms with Crippen LogP contribution in [-0.2, 0) is 4.74 Å². The molecule has 0 atom stereocenters.